The van der Waals surface area contributed by atoms with Gasteiger partial charge in [-0.2, -0.15) is 0 Å². The van der Waals surface area contributed by atoms with Crippen molar-refractivity contribution in [2.24, 2.45) is 0 Å². The Hall–Kier alpha value is -0.643. The second-order valence-electron chi connectivity index (χ2n) is 7.12. The number of hydrogen-bond donors (Lipinski definition) is 1. The van der Waals surface area contributed by atoms with Crippen LogP contribution in [0.15, 0.2) is 24.3 Å². The summed E-state index contributed by atoms with van der Waals surface area (Å²) in [6.45, 7) is 13.3. The first-order chi connectivity index (χ1) is 8.79. The van der Waals surface area contributed by atoms with Gasteiger partial charge in [0.15, 0.2) is 8.32 Å². The molecule has 2 rings (SSSR count). The third kappa shape index (κ3) is 3.47. The summed E-state index contributed by atoms with van der Waals surface area (Å²) in [6.07, 6.45) is 1.09. The maximum absolute atomic E-state index is 6.32. The van der Waals surface area contributed by atoms with Gasteiger partial charge < -0.3 is 9.74 Å². The molecule has 0 saturated carbocycles. The van der Waals surface area contributed by atoms with Crippen LogP contribution in [0.3, 0.4) is 0 Å². The minimum absolute atomic E-state index is 0.291. The SMILES string of the molecule is CC(C)(C)[Si](C)(C)OCC1Cc2ccccc2CN1. The summed E-state index contributed by atoms with van der Waals surface area (Å²) in [4.78, 5) is 0. The Morgan fingerprint density at radius 1 is 1.21 bits per heavy atom. The van der Waals surface area contributed by atoms with Crippen LogP contribution < -0.4 is 5.32 Å². The Balaban J connectivity index is 1.93. The average Bonchev–Trinajstić information content (AvgIpc) is 2.35. The number of rotatable bonds is 3. The van der Waals surface area contributed by atoms with Crippen molar-refractivity contribution in [3.8, 4) is 0 Å². The molecule has 3 heteroatoms. The van der Waals surface area contributed by atoms with Gasteiger partial charge in [-0.25, -0.2) is 0 Å². The zero-order chi connectivity index (χ0) is 14.1. The molecule has 1 aliphatic heterocycles. The first kappa shape index (κ1) is 14.8. The van der Waals surface area contributed by atoms with Crippen LogP contribution in [0.25, 0.3) is 0 Å². The van der Waals surface area contributed by atoms with Crippen LogP contribution in [0.1, 0.15) is 31.9 Å². The van der Waals surface area contributed by atoms with Crippen molar-refractivity contribution < 1.29 is 4.43 Å². The molecule has 0 aromatic heterocycles. The Kier molecular flexibility index (Phi) is 4.19. The Morgan fingerprint density at radius 2 is 1.84 bits per heavy atom. The van der Waals surface area contributed by atoms with Gasteiger partial charge in [-0.15, -0.1) is 0 Å². The highest BCUT2D eigenvalue weighted by molar-refractivity contribution is 6.74. The first-order valence-electron chi connectivity index (χ1n) is 7.24. The quantitative estimate of drug-likeness (QED) is 0.850. The van der Waals surface area contributed by atoms with E-state index in [4.69, 9.17) is 4.43 Å². The van der Waals surface area contributed by atoms with E-state index in [1.165, 1.54) is 11.1 Å². The van der Waals surface area contributed by atoms with Crippen LogP contribution in [0.2, 0.25) is 18.1 Å². The van der Waals surface area contributed by atoms with Crippen LogP contribution >= 0.6 is 0 Å². The van der Waals surface area contributed by atoms with E-state index < -0.39 is 8.32 Å². The molecule has 0 bridgehead atoms. The van der Waals surface area contributed by atoms with Gasteiger partial charge in [-0.1, -0.05) is 45.0 Å². The van der Waals surface area contributed by atoms with E-state index in [9.17, 15) is 0 Å². The molecule has 19 heavy (non-hydrogen) atoms. The third-order valence-electron chi connectivity index (χ3n) is 4.62. The Morgan fingerprint density at radius 3 is 2.47 bits per heavy atom. The van der Waals surface area contributed by atoms with Crippen molar-refractivity contribution in [2.75, 3.05) is 6.61 Å². The second kappa shape index (κ2) is 5.39. The van der Waals surface area contributed by atoms with Gasteiger partial charge in [0.1, 0.15) is 0 Å². The zero-order valence-corrected chi connectivity index (χ0v) is 13.9. The third-order valence-corrected chi connectivity index (χ3v) is 9.12. The lowest BCUT2D eigenvalue weighted by Crippen LogP contribution is -2.46. The predicted molar refractivity (Wildman–Crippen MR) is 83.9 cm³/mol. The van der Waals surface area contributed by atoms with Crippen molar-refractivity contribution in [2.45, 2.75) is 57.9 Å². The highest BCUT2D eigenvalue weighted by Crippen LogP contribution is 2.36. The number of fused-ring (bicyclic) bond motifs is 1. The highest BCUT2D eigenvalue weighted by atomic mass is 28.4. The summed E-state index contributed by atoms with van der Waals surface area (Å²) in [6, 6.07) is 9.18. The van der Waals surface area contributed by atoms with Crippen LogP contribution in [-0.2, 0) is 17.4 Å². The molecular formula is C16H27NOSi. The van der Waals surface area contributed by atoms with Gasteiger partial charge in [0.05, 0.1) is 0 Å². The fourth-order valence-corrected chi connectivity index (χ4v) is 3.22. The highest BCUT2D eigenvalue weighted by Gasteiger charge is 2.37. The molecular weight excluding hydrogens is 250 g/mol. The first-order valence-corrected chi connectivity index (χ1v) is 10.1. The van der Waals surface area contributed by atoms with Gasteiger partial charge in [0, 0.05) is 19.2 Å². The standard InChI is InChI=1S/C16H27NOSi/c1-16(2,3)19(4,5)18-12-15-10-13-8-6-7-9-14(13)11-17-15/h6-9,15,17H,10-12H2,1-5H3. The van der Waals surface area contributed by atoms with E-state index in [2.05, 4.69) is 63.4 Å². The van der Waals surface area contributed by atoms with Crippen LogP contribution in [-0.4, -0.2) is 21.0 Å². The molecule has 0 amide bonds. The van der Waals surface area contributed by atoms with Gasteiger partial charge in [-0.05, 0) is 35.7 Å². The molecule has 1 aromatic carbocycles. The van der Waals surface area contributed by atoms with E-state index in [0.717, 1.165) is 19.6 Å². The molecule has 0 fully saturated rings. The zero-order valence-electron chi connectivity index (χ0n) is 12.9. The summed E-state index contributed by atoms with van der Waals surface area (Å²) in [7, 11) is -1.62. The summed E-state index contributed by atoms with van der Waals surface area (Å²) in [5.41, 5.74) is 2.91. The van der Waals surface area contributed by atoms with Gasteiger partial charge in [0.25, 0.3) is 0 Å². The normalized spacial score (nSPS) is 20.2. The molecule has 1 N–H and O–H groups in total. The lowest BCUT2D eigenvalue weighted by atomic mass is 9.96. The van der Waals surface area contributed by atoms with E-state index in [0.29, 0.717) is 11.1 Å². The van der Waals surface area contributed by atoms with Gasteiger partial charge >= 0.3 is 0 Å². The molecule has 0 aliphatic carbocycles. The fraction of sp³-hybridized carbons (Fsp3) is 0.625. The topological polar surface area (TPSA) is 21.3 Å². The molecule has 1 atom stereocenters. The minimum Gasteiger partial charge on any atom is -0.415 e. The number of hydrogen-bond acceptors (Lipinski definition) is 2. The molecule has 1 unspecified atom stereocenters. The molecule has 1 aromatic rings. The van der Waals surface area contributed by atoms with Gasteiger partial charge in [0.2, 0.25) is 0 Å². The van der Waals surface area contributed by atoms with E-state index in [1.807, 2.05) is 0 Å². The molecule has 2 nitrogen and oxygen atoms in total. The lowest BCUT2D eigenvalue weighted by molar-refractivity contribution is 0.236. The largest absolute Gasteiger partial charge is 0.415 e. The van der Waals surface area contributed by atoms with E-state index in [-0.39, 0.29) is 0 Å². The summed E-state index contributed by atoms with van der Waals surface area (Å²) >= 11 is 0. The Bertz CT molecular complexity index is 437. The summed E-state index contributed by atoms with van der Waals surface area (Å²) in [5, 5.41) is 3.89. The maximum Gasteiger partial charge on any atom is 0.192 e. The summed E-state index contributed by atoms with van der Waals surface area (Å²) < 4.78 is 6.32. The minimum atomic E-state index is -1.62. The van der Waals surface area contributed by atoms with Crippen LogP contribution in [0.4, 0.5) is 0 Å². The second-order valence-corrected chi connectivity index (χ2v) is 11.9. The molecule has 1 aliphatic rings. The van der Waals surface area contributed by atoms with E-state index in [1.54, 1.807) is 0 Å². The monoisotopic (exact) mass is 277 g/mol. The maximum atomic E-state index is 6.32. The Labute approximate surface area is 118 Å². The van der Waals surface area contributed by atoms with E-state index >= 15 is 0 Å². The van der Waals surface area contributed by atoms with Gasteiger partial charge in [-0.3, -0.25) is 0 Å². The van der Waals surface area contributed by atoms with Crippen molar-refractivity contribution in [1.29, 1.82) is 0 Å². The van der Waals surface area contributed by atoms with Crippen LogP contribution in [0.5, 0.6) is 0 Å². The molecule has 1 heterocycles. The van der Waals surface area contributed by atoms with Crippen molar-refractivity contribution in [3.05, 3.63) is 35.4 Å². The number of nitrogens with one attached hydrogen (secondary N) is 1. The van der Waals surface area contributed by atoms with Crippen molar-refractivity contribution in [1.82, 2.24) is 5.32 Å². The smallest absolute Gasteiger partial charge is 0.192 e. The average molecular weight is 277 g/mol. The van der Waals surface area contributed by atoms with Crippen LogP contribution in [0, 0.1) is 0 Å². The molecule has 0 radical (unpaired) electrons. The lowest BCUT2D eigenvalue weighted by Gasteiger charge is -2.38. The molecule has 106 valence electrons. The fourth-order valence-electron chi connectivity index (χ4n) is 2.16. The molecule has 0 spiro atoms. The molecule has 0 saturated heterocycles. The predicted octanol–water partition coefficient (Wildman–Crippen LogP) is 3.72. The van der Waals surface area contributed by atoms with Crippen molar-refractivity contribution >= 4 is 8.32 Å². The van der Waals surface area contributed by atoms with Crippen molar-refractivity contribution in [3.63, 3.8) is 0 Å². The number of benzene rings is 1. The summed E-state index contributed by atoms with van der Waals surface area (Å²) in [5.74, 6) is 0.